The number of ether oxygens (including phenoxy) is 6. The molecule has 0 aliphatic carbocycles. The van der Waals surface area contributed by atoms with E-state index < -0.39 is 92.7 Å². The third kappa shape index (κ3) is 28.3. The minimum Gasteiger partial charge on any atom is -0.462 e. The van der Waals surface area contributed by atoms with Crippen molar-refractivity contribution in [2.45, 2.75) is 287 Å². The summed E-state index contributed by atoms with van der Waals surface area (Å²) < 4.78 is 33.6. The van der Waals surface area contributed by atoms with E-state index in [9.17, 15) is 45.3 Å². The quantitative estimate of drug-likeness (QED) is 0.0174. The van der Waals surface area contributed by atoms with Crippen molar-refractivity contribution in [3.63, 3.8) is 0 Å². The second-order valence-electron chi connectivity index (χ2n) is 19.4. The van der Waals surface area contributed by atoms with Crippen LogP contribution in [0.15, 0.2) is 12.2 Å². The lowest BCUT2D eigenvalue weighted by Gasteiger charge is -2.42. The molecule has 11 atom stereocenters. The Morgan fingerprint density at radius 3 is 1.29 bits per heavy atom. The monoisotopic (exact) mass is 975 g/mol. The number of rotatable bonds is 43. The van der Waals surface area contributed by atoms with Gasteiger partial charge in [-0.25, -0.2) is 0 Å². The standard InChI is InChI=1S/C53H98O15/c1-3-5-7-9-11-13-15-17-19-20-21-22-24-26-28-30-32-34-36-45(56)66-41(38-63-44(55)35-33-31-29-27-25-23-18-16-14-12-10-8-6-4-2)39-64-52-51(62)49(60)47(58)43(68-52)40-65-53-50(61)48(59)46(57)42(37-54)67-53/h19-20,41-43,46-54,57-62H,3-18,21-40H2,1-2H3/b20-19-. The SMILES string of the molecule is CCCCCCCCC/C=C\CCCCCCCCCC(=O)OC(COC(=O)CCCCCCCCCCCCCCCC)COC1OC(COC2OC(CO)C(O)C(O)C2O)C(O)C(O)C1O. The topological polar surface area (TPSA) is 231 Å². The molecule has 2 heterocycles. The number of unbranched alkanes of at least 4 members (excludes halogenated alkanes) is 27. The molecule has 2 aliphatic rings. The fraction of sp³-hybridized carbons (Fsp3) is 0.925. The van der Waals surface area contributed by atoms with Gasteiger partial charge in [-0.05, 0) is 38.5 Å². The average molecular weight is 975 g/mol. The van der Waals surface area contributed by atoms with Gasteiger partial charge in [0, 0.05) is 12.8 Å². The highest BCUT2D eigenvalue weighted by atomic mass is 16.7. The fourth-order valence-electron chi connectivity index (χ4n) is 8.74. The summed E-state index contributed by atoms with van der Waals surface area (Å²) in [5.74, 6) is -0.918. The molecule has 0 bridgehead atoms. The Balaban J connectivity index is 1.78. The normalized spacial score (nSPS) is 25.8. The number of carbonyl (C=O) groups is 2. The van der Waals surface area contributed by atoms with Crippen molar-refractivity contribution in [1.82, 2.24) is 0 Å². The minimum atomic E-state index is -1.76. The van der Waals surface area contributed by atoms with Gasteiger partial charge < -0.3 is 64.2 Å². The van der Waals surface area contributed by atoms with Crippen molar-refractivity contribution in [2.24, 2.45) is 0 Å². The molecule has 2 aliphatic heterocycles. The molecule has 0 amide bonds. The van der Waals surface area contributed by atoms with Crippen LogP contribution in [0, 0.1) is 0 Å². The molecule has 11 unspecified atom stereocenters. The molecule has 0 aromatic carbocycles. The summed E-state index contributed by atoms with van der Waals surface area (Å²) in [6, 6.07) is 0. The Bertz CT molecular complexity index is 1240. The molecule has 15 nitrogen and oxygen atoms in total. The van der Waals surface area contributed by atoms with Crippen LogP contribution in [0.25, 0.3) is 0 Å². The number of aliphatic hydroxyl groups is 7. The van der Waals surface area contributed by atoms with Gasteiger partial charge in [0.25, 0.3) is 0 Å². The first-order valence-electron chi connectivity index (χ1n) is 27.3. The van der Waals surface area contributed by atoms with Crippen molar-refractivity contribution in [3.05, 3.63) is 12.2 Å². The molecule has 15 heteroatoms. The Morgan fingerprint density at radius 1 is 0.456 bits per heavy atom. The smallest absolute Gasteiger partial charge is 0.306 e. The Labute approximate surface area is 410 Å². The minimum absolute atomic E-state index is 0.165. The zero-order valence-electron chi connectivity index (χ0n) is 42.4. The van der Waals surface area contributed by atoms with E-state index in [4.69, 9.17) is 28.4 Å². The van der Waals surface area contributed by atoms with Crippen LogP contribution >= 0.6 is 0 Å². The molecule has 0 aromatic heterocycles. The predicted molar refractivity (Wildman–Crippen MR) is 261 cm³/mol. The second-order valence-corrected chi connectivity index (χ2v) is 19.4. The van der Waals surface area contributed by atoms with Crippen molar-refractivity contribution < 1.29 is 73.8 Å². The van der Waals surface area contributed by atoms with E-state index in [2.05, 4.69) is 26.0 Å². The van der Waals surface area contributed by atoms with E-state index in [-0.39, 0.29) is 26.1 Å². The van der Waals surface area contributed by atoms with Crippen molar-refractivity contribution in [2.75, 3.05) is 26.4 Å². The molecule has 0 saturated carbocycles. The lowest BCUT2D eigenvalue weighted by atomic mass is 9.98. The Hall–Kier alpha value is -1.76. The molecule has 2 rings (SSSR count). The Kier molecular flexibility index (Phi) is 37.4. The number of aliphatic hydroxyl groups excluding tert-OH is 7. The maximum Gasteiger partial charge on any atom is 0.306 e. The molecular formula is C53H98O15. The maximum atomic E-state index is 13.0. The molecule has 2 saturated heterocycles. The van der Waals surface area contributed by atoms with Crippen LogP contribution < -0.4 is 0 Å². The van der Waals surface area contributed by atoms with E-state index in [1.807, 2.05) is 0 Å². The summed E-state index contributed by atoms with van der Waals surface area (Å²) in [4.78, 5) is 25.8. The van der Waals surface area contributed by atoms with Crippen LogP contribution in [0.5, 0.6) is 0 Å². The maximum absolute atomic E-state index is 13.0. The molecular weight excluding hydrogens is 877 g/mol. The van der Waals surface area contributed by atoms with Crippen molar-refractivity contribution in [1.29, 1.82) is 0 Å². The fourth-order valence-corrected chi connectivity index (χ4v) is 8.74. The highest BCUT2D eigenvalue weighted by molar-refractivity contribution is 5.70. The first-order valence-corrected chi connectivity index (χ1v) is 27.3. The van der Waals surface area contributed by atoms with Crippen LogP contribution in [-0.2, 0) is 38.0 Å². The van der Waals surface area contributed by atoms with E-state index in [1.165, 1.54) is 128 Å². The summed E-state index contributed by atoms with van der Waals surface area (Å²) in [6.07, 6.45) is 23.7. The third-order valence-corrected chi connectivity index (χ3v) is 13.2. The van der Waals surface area contributed by atoms with E-state index in [1.54, 1.807) is 0 Å². The molecule has 0 aromatic rings. The van der Waals surface area contributed by atoms with E-state index in [0.717, 1.165) is 51.4 Å². The van der Waals surface area contributed by atoms with Gasteiger partial charge in [0.05, 0.1) is 19.8 Å². The summed E-state index contributed by atoms with van der Waals surface area (Å²) in [5.41, 5.74) is 0. The molecule has 0 spiro atoms. The number of hydrogen-bond donors (Lipinski definition) is 7. The Morgan fingerprint density at radius 2 is 0.838 bits per heavy atom. The van der Waals surface area contributed by atoms with Crippen LogP contribution in [0.1, 0.15) is 219 Å². The molecule has 7 N–H and O–H groups in total. The van der Waals surface area contributed by atoms with Gasteiger partial charge in [-0.3, -0.25) is 9.59 Å². The second kappa shape index (κ2) is 40.8. The first kappa shape index (κ1) is 62.4. The number of esters is 2. The lowest BCUT2D eigenvalue weighted by molar-refractivity contribution is -0.332. The highest BCUT2D eigenvalue weighted by Gasteiger charge is 2.47. The van der Waals surface area contributed by atoms with Gasteiger partial charge in [0.2, 0.25) is 0 Å². The van der Waals surface area contributed by atoms with Gasteiger partial charge in [0.15, 0.2) is 18.7 Å². The van der Waals surface area contributed by atoms with Crippen LogP contribution in [-0.4, -0.2) is 142 Å². The average Bonchev–Trinajstić information content (AvgIpc) is 3.33. The molecule has 68 heavy (non-hydrogen) atoms. The van der Waals surface area contributed by atoms with Gasteiger partial charge in [0.1, 0.15) is 55.4 Å². The predicted octanol–water partition coefficient (Wildman–Crippen LogP) is 8.16. The van der Waals surface area contributed by atoms with E-state index >= 15 is 0 Å². The lowest BCUT2D eigenvalue weighted by Crippen LogP contribution is -2.61. The van der Waals surface area contributed by atoms with Crippen LogP contribution in [0.2, 0.25) is 0 Å². The summed E-state index contributed by atoms with van der Waals surface area (Å²) in [7, 11) is 0. The summed E-state index contributed by atoms with van der Waals surface area (Å²) in [5, 5.41) is 72.1. The first-order chi connectivity index (χ1) is 33.0. The number of hydrogen-bond acceptors (Lipinski definition) is 15. The number of allylic oxidation sites excluding steroid dienone is 2. The highest BCUT2D eigenvalue weighted by Crippen LogP contribution is 2.27. The molecule has 2 fully saturated rings. The summed E-state index contributed by atoms with van der Waals surface area (Å²) >= 11 is 0. The van der Waals surface area contributed by atoms with Gasteiger partial charge in [-0.2, -0.15) is 0 Å². The van der Waals surface area contributed by atoms with E-state index in [0.29, 0.717) is 12.8 Å². The van der Waals surface area contributed by atoms with Gasteiger partial charge in [-0.15, -0.1) is 0 Å². The zero-order chi connectivity index (χ0) is 49.6. The molecule has 0 radical (unpaired) electrons. The van der Waals surface area contributed by atoms with Crippen LogP contribution in [0.4, 0.5) is 0 Å². The van der Waals surface area contributed by atoms with Crippen LogP contribution in [0.3, 0.4) is 0 Å². The van der Waals surface area contributed by atoms with Gasteiger partial charge >= 0.3 is 11.9 Å². The number of carbonyl (C=O) groups excluding carboxylic acids is 2. The molecule has 400 valence electrons. The van der Waals surface area contributed by atoms with Crippen molar-refractivity contribution >= 4 is 11.9 Å². The third-order valence-electron chi connectivity index (χ3n) is 13.2. The van der Waals surface area contributed by atoms with Crippen molar-refractivity contribution in [3.8, 4) is 0 Å². The largest absolute Gasteiger partial charge is 0.462 e. The summed E-state index contributed by atoms with van der Waals surface area (Å²) in [6.45, 7) is 2.61. The van der Waals surface area contributed by atoms with Gasteiger partial charge in [-0.1, -0.05) is 180 Å². The zero-order valence-corrected chi connectivity index (χ0v) is 42.4.